The first kappa shape index (κ1) is 8.89. The summed E-state index contributed by atoms with van der Waals surface area (Å²) in [6.07, 6.45) is 5.77. The zero-order chi connectivity index (χ0) is 9.71. The number of hydrogen-bond donors (Lipinski definition) is 0. The van der Waals surface area contributed by atoms with E-state index in [-0.39, 0.29) is 12.6 Å². The average molecular weight is 196 g/mol. The first-order valence-electron chi connectivity index (χ1n) is 5.24. The summed E-state index contributed by atoms with van der Waals surface area (Å²) < 4.78 is 16.5. The lowest BCUT2D eigenvalue weighted by Crippen LogP contribution is -2.27. The summed E-state index contributed by atoms with van der Waals surface area (Å²) in [7, 11) is 3.44. The zero-order valence-corrected chi connectivity index (χ0v) is 8.55. The van der Waals surface area contributed by atoms with Gasteiger partial charge < -0.3 is 14.2 Å². The van der Waals surface area contributed by atoms with Crippen LogP contribution in [-0.2, 0) is 14.2 Å². The lowest BCUT2D eigenvalue weighted by atomic mass is 9.84. The van der Waals surface area contributed by atoms with Gasteiger partial charge in [-0.05, 0) is 18.3 Å². The van der Waals surface area contributed by atoms with Crippen molar-refractivity contribution in [2.24, 2.45) is 23.7 Å². The van der Waals surface area contributed by atoms with Crippen molar-refractivity contribution in [3.05, 3.63) is 12.2 Å². The van der Waals surface area contributed by atoms with Gasteiger partial charge in [-0.15, -0.1) is 0 Å². The molecule has 3 heteroatoms. The molecule has 1 saturated carbocycles. The van der Waals surface area contributed by atoms with E-state index in [0.717, 1.165) is 0 Å². The molecule has 0 aromatic carbocycles. The van der Waals surface area contributed by atoms with E-state index >= 15 is 0 Å². The molecule has 0 aromatic rings. The van der Waals surface area contributed by atoms with Crippen molar-refractivity contribution in [2.75, 3.05) is 14.2 Å². The molecule has 1 saturated heterocycles. The smallest absolute Gasteiger partial charge is 0.164 e. The Kier molecular flexibility index (Phi) is 1.94. The Morgan fingerprint density at radius 1 is 1.00 bits per heavy atom. The Balaban J connectivity index is 1.89. The highest BCUT2D eigenvalue weighted by Crippen LogP contribution is 2.55. The van der Waals surface area contributed by atoms with Gasteiger partial charge in [0.2, 0.25) is 0 Å². The zero-order valence-electron chi connectivity index (χ0n) is 8.55. The van der Waals surface area contributed by atoms with Crippen LogP contribution in [0.25, 0.3) is 0 Å². The Morgan fingerprint density at radius 2 is 1.50 bits per heavy atom. The van der Waals surface area contributed by atoms with Crippen LogP contribution in [0.4, 0.5) is 0 Å². The summed E-state index contributed by atoms with van der Waals surface area (Å²) >= 11 is 0. The van der Waals surface area contributed by atoms with Crippen LogP contribution in [0, 0.1) is 23.7 Å². The molecule has 0 N–H and O–H groups in total. The topological polar surface area (TPSA) is 27.7 Å². The molecule has 2 fully saturated rings. The number of rotatable bonds is 2. The molecule has 0 radical (unpaired) electrons. The third-order valence-corrected chi connectivity index (χ3v) is 3.94. The van der Waals surface area contributed by atoms with E-state index in [0.29, 0.717) is 23.7 Å². The minimum absolute atomic E-state index is 0.0649. The molecule has 2 bridgehead atoms. The standard InChI is InChI=1S/C11H16O3/c1-12-10-8-6-3-4-7(5-6)9(8)11(13-2)14-10/h3-4,6-11H,5H2,1-2H3. The third kappa shape index (κ3) is 0.977. The van der Waals surface area contributed by atoms with Crippen molar-refractivity contribution >= 4 is 0 Å². The molecule has 1 heterocycles. The Morgan fingerprint density at radius 3 is 1.93 bits per heavy atom. The van der Waals surface area contributed by atoms with Crippen LogP contribution in [0.1, 0.15) is 6.42 Å². The van der Waals surface area contributed by atoms with Crippen LogP contribution in [0.2, 0.25) is 0 Å². The van der Waals surface area contributed by atoms with Crippen LogP contribution in [0.3, 0.4) is 0 Å². The maximum Gasteiger partial charge on any atom is 0.164 e. The number of methoxy groups -OCH3 is 2. The summed E-state index contributed by atoms with van der Waals surface area (Å²) in [6, 6.07) is 0. The molecule has 2 aliphatic carbocycles. The average Bonchev–Trinajstić information content (AvgIpc) is 2.88. The van der Waals surface area contributed by atoms with Gasteiger partial charge in [-0.2, -0.15) is 0 Å². The molecule has 78 valence electrons. The monoisotopic (exact) mass is 196 g/mol. The first-order chi connectivity index (χ1) is 6.85. The quantitative estimate of drug-likeness (QED) is 0.625. The van der Waals surface area contributed by atoms with Gasteiger partial charge in [0.15, 0.2) is 12.6 Å². The Bertz CT molecular complexity index is 239. The Hall–Kier alpha value is -0.380. The fourth-order valence-electron chi connectivity index (χ4n) is 3.40. The van der Waals surface area contributed by atoms with Crippen molar-refractivity contribution in [3.63, 3.8) is 0 Å². The molecule has 3 aliphatic rings. The van der Waals surface area contributed by atoms with Crippen LogP contribution >= 0.6 is 0 Å². The van der Waals surface area contributed by atoms with Crippen molar-refractivity contribution in [3.8, 4) is 0 Å². The lowest BCUT2D eigenvalue weighted by Gasteiger charge is -2.23. The third-order valence-electron chi connectivity index (χ3n) is 3.94. The largest absolute Gasteiger partial charge is 0.355 e. The molecule has 14 heavy (non-hydrogen) atoms. The fraction of sp³-hybridized carbons (Fsp3) is 0.818. The molecular formula is C11H16O3. The lowest BCUT2D eigenvalue weighted by molar-refractivity contribution is -0.202. The molecule has 6 atom stereocenters. The second-order valence-corrected chi connectivity index (χ2v) is 4.45. The predicted molar refractivity (Wildman–Crippen MR) is 50.4 cm³/mol. The molecule has 6 unspecified atom stereocenters. The normalized spacial score (nSPS) is 54.1. The van der Waals surface area contributed by atoms with E-state index in [1.165, 1.54) is 6.42 Å². The van der Waals surface area contributed by atoms with Gasteiger partial charge in [-0.3, -0.25) is 0 Å². The summed E-state index contributed by atoms with van der Waals surface area (Å²) in [5, 5.41) is 0. The minimum atomic E-state index is -0.0649. The number of ether oxygens (including phenoxy) is 3. The van der Waals surface area contributed by atoms with Gasteiger partial charge in [0, 0.05) is 26.1 Å². The minimum Gasteiger partial charge on any atom is -0.355 e. The number of hydrogen-bond acceptors (Lipinski definition) is 3. The van der Waals surface area contributed by atoms with Crippen molar-refractivity contribution in [1.29, 1.82) is 0 Å². The summed E-state index contributed by atoms with van der Waals surface area (Å²) in [4.78, 5) is 0. The maximum atomic E-state index is 5.72. The SMILES string of the molecule is COC1OC(OC)C2C3C=CC(C3)C12. The summed E-state index contributed by atoms with van der Waals surface area (Å²) in [5.74, 6) is 2.32. The van der Waals surface area contributed by atoms with E-state index in [2.05, 4.69) is 12.2 Å². The van der Waals surface area contributed by atoms with Crippen molar-refractivity contribution in [1.82, 2.24) is 0 Å². The maximum absolute atomic E-state index is 5.72. The van der Waals surface area contributed by atoms with Crippen molar-refractivity contribution in [2.45, 2.75) is 19.0 Å². The molecule has 0 spiro atoms. The van der Waals surface area contributed by atoms with E-state index in [9.17, 15) is 0 Å². The fourth-order valence-corrected chi connectivity index (χ4v) is 3.40. The van der Waals surface area contributed by atoms with Gasteiger partial charge in [0.1, 0.15) is 0 Å². The first-order valence-corrected chi connectivity index (χ1v) is 5.24. The molecular weight excluding hydrogens is 180 g/mol. The highest BCUT2D eigenvalue weighted by Gasteiger charge is 2.57. The highest BCUT2D eigenvalue weighted by molar-refractivity contribution is 5.16. The number of fused-ring (bicyclic) bond motifs is 5. The van der Waals surface area contributed by atoms with Crippen LogP contribution < -0.4 is 0 Å². The van der Waals surface area contributed by atoms with Gasteiger partial charge in [-0.1, -0.05) is 12.2 Å². The van der Waals surface area contributed by atoms with E-state index in [4.69, 9.17) is 14.2 Å². The van der Waals surface area contributed by atoms with Gasteiger partial charge >= 0.3 is 0 Å². The van der Waals surface area contributed by atoms with E-state index in [1.807, 2.05) is 0 Å². The molecule has 3 rings (SSSR count). The Labute approximate surface area is 84.0 Å². The van der Waals surface area contributed by atoms with Gasteiger partial charge in [0.25, 0.3) is 0 Å². The molecule has 1 aliphatic heterocycles. The highest BCUT2D eigenvalue weighted by atomic mass is 16.8. The molecule has 0 aromatic heterocycles. The van der Waals surface area contributed by atoms with Gasteiger partial charge in [-0.25, -0.2) is 0 Å². The second-order valence-electron chi connectivity index (χ2n) is 4.45. The number of allylic oxidation sites excluding steroid dienone is 2. The molecule has 3 nitrogen and oxygen atoms in total. The van der Waals surface area contributed by atoms with Gasteiger partial charge in [0.05, 0.1) is 0 Å². The van der Waals surface area contributed by atoms with Crippen LogP contribution in [0.15, 0.2) is 12.2 Å². The van der Waals surface area contributed by atoms with E-state index in [1.54, 1.807) is 14.2 Å². The predicted octanol–water partition coefficient (Wildman–Crippen LogP) is 1.40. The summed E-state index contributed by atoms with van der Waals surface area (Å²) in [5.41, 5.74) is 0. The van der Waals surface area contributed by atoms with E-state index < -0.39 is 0 Å². The van der Waals surface area contributed by atoms with Crippen LogP contribution in [0.5, 0.6) is 0 Å². The summed E-state index contributed by atoms with van der Waals surface area (Å²) in [6.45, 7) is 0. The van der Waals surface area contributed by atoms with Crippen molar-refractivity contribution < 1.29 is 14.2 Å². The second kappa shape index (κ2) is 3.05. The van der Waals surface area contributed by atoms with Crippen LogP contribution in [-0.4, -0.2) is 26.8 Å². The molecule has 0 amide bonds.